The highest BCUT2D eigenvalue weighted by Crippen LogP contribution is 2.15. The molecule has 21 heavy (non-hydrogen) atoms. The molecule has 7 heteroatoms. The lowest BCUT2D eigenvalue weighted by molar-refractivity contribution is -0.138. The number of carbonyl (C=O) groups is 1. The summed E-state index contributed by atoms with van der Waals surface area (Å²) in [6.45, 7) is 2.04. The van der Waals surface area contributed by atoms with Crippen LogP contribution in [0.3, 0.4) is 0 Å². The summed E-state index contributed by atoms with van der Waals surface area (Å²) in [5, 5.41) is 2.75. The lowest BCUT2D eigenvalue weighted by Gasteiger charge is -2.29. The standard InChI is InChI=1S/C14H20N2O4S/c1-16-7-8-20-12(10-16)14(17)15-9-11-5-3-4-6-13(11)21(2,18)19/h3-6,12H,7-10H2,1-2H3,(H,15,17). The molecule has 1 N–H and O–H groups in total. The molecule has 0 aliphatic carbocycles. The van der Waals surface area contributed by atoms with Gasteiger partial charge in [0, 0.05) is 25.9 Å². The first-order valence-electron chi connectivity index (χ1n) is 6.74. The van der Waals surface area contributed by atoms with Gasteiger partial charge in [0.1, 0.15) is 6.10 Å². The zero-order chi connectivity index (χ0) is 15.5. The smallest absolute Gasteiger partial charge is 0.250 e. The van der Waals surface area contributed by atoms with Gasteiger partial charge in [0.05, 0.1) is 11.5 Å². The third kappa shape index (κ3) is 4.26. The van der Waals surface area contributed by atoms with Gasteiger partial charge in [0.2, 0.25) is 0 Å². The SMILES string of the molecule is CN1CCOC(C(=O)NCc2ccccc2S(C)(=O)=O)C1. The highest BCUT2D eigenvalue weighted by atomic mass is 32.2. The molecule has 1 atom stereocenters. The van der Waals surface area contributed by atoms with Gasteiger partial charge < -0.3 is 15.0 Å². The van der Waals surface area contributed by atoms with Crippen LogP contribution < -0.4 is 5.32 Å². The number of likely N-dealkylation sites (N-methyl/N-ethyl adjacent to an activating group) is 1. The number of nitrogens with one attached hydrogen (secondary N) is 1. The van der Waals surface area contributed by atoms with Crippen LogP contribution in [0.15, 0.2) is 29.2 Å². The van der Waals surface area contributed by atoms with E-state index in [1.807, 2.05) is 11.9 Å². The Bertz CT molecular complexity index is 615. The van der Waals surface area contributed by atoms with Crippen molar-refractivity contribution in [3.05, 3.63) is 29.8 Å². The number of morpholine rings is 1. The molecule has 2 rings (SSSR count). The number of rotatable bonds is 4. The number of nitrogens with zero attached hydrogens (tertiary/aromatic N) is 1. The summed E-state index contributed by atoms with van der Waals surface area (Å²) in [5.41, 5.74) is 0.581. The average Bonchev–Trinajstić information content (AvgIpc) is 2.44. The van der Waals surface area contributed by atoms with Crippen LogP contribution in [0.4, 0.5) is 0 Å². The van der Waals surface area contributed by atoms with Gasteiger partial charge >= 0.3 is 0 Å². The monoisotopic (exact) mass is 312 g/mol. The average molecular weight is 312 g/mol. The summed E-state index contributed by atoms with van der Waals surface area (Å²) >= 11 is 0. The van der Waals surface area contributed by atoms with Gasteiger partial charge in [0.15, 0.2) is 9.84 Å². The summed E-state index contributed by atoms with van der Waals surface area (Å²) in [4.78, 5) is 14.3. The zero-order valence-electron chi connectivity index (χ0n) is 12.2. The van der Waals surface area contributed by atoms with E-state index < -0.39 is 15.9 Å². The van der Waals surface area contributed by atoms with Crippen LogP contribution in [0.2, 0.25) is 0 Å². The van der Waals surface area contributed by atoms with E-state index in [0.29, 0.717) is 18.7 Å². The van der Waals surface area contributed by atoms with Crippen LogP contribution >= 0.6 is 0 Å². The van der Waals surface area contributed by atoms with Gasteiger partial charge in [-0.25, -0.2) is 8.42 Å². The molecule has 1 aromatic carbocycles. The van der Waals surface area contributed by atoms with Gasteiger partial charge in [0.25, 0.3) is 5.91 Å². The molecule has 0 aromatic heterocycles. The molecule has 1 saturated heterocycles. The number of hydrogen-bond acceptors (Lipinski definition) is 5. The maximum atomic E-state index is 12.1. The summed E-state index contributed by atoms with van der Waals surface area (Å²) in [6, 6.07) is 6.66. The molecule has 1 amide bonds. The number of amides is 1. The molecule has 1 fully saturated rings. The van der Waals surface area contributed by atoms with E-state index >= 15 is 0 Å². The fourth-order valence-electron chi connectivity index (χ4n) is 2.24. The number of benzene rings is 1. The molecule has 1 heterocycles. The normalized spacial score (nSPS) is 20.2. The van der Waals surface area contributed by atoms with Crippen LogP contribution in [0.1, 0.15) is 5.56 Å². The molecule has 1 unspecified atom stereocenters. The summed E-state index contributed by atoms with van der Waals surface area (Å²) in [6.07, 6.45) is 0.654. The Kier molecular flexibility index (Phi) is 4.97. The van der Waals surface area contributed by atoms with E-state index in [-0.39, 0.29) is 17.3 Å². The first-order valence-corrected chi connectivity index (χ1v) is 8.63. The van der Waals surface area contributed by atoms with Crippen LogP contribution in [0.5, 0.6) is 0 Å². The van der Waals surface area contributed by atoms with E-state index in [2.05, 4.69) is 5.32 Å². The second-order valence-corrected chi connectivity index (χ2v) is 7.20. The Balaban J connectivity index is 2.02. The lowest BCUT2D eigenvalue weighted by atomic mass is 10.2. The van der Waals surface area contributed by atoms with Gasteiger partial charge in [-0.05, 0) is 18.7 Å². The number of sulfone groups is 1. The minimum Gasteiger partial charge on any atom is -0.366 e. The molecule has 6 nitrogen and oxygen atoms in total. The van der Waals surface area contributed by atoms with Gasteiger partial charge in [-0.15, -0.1) is 0 Å². The van der Waals surface area contributed by atoms with Gasteiger partial charge in [-0.1, -0.05) is 18.2 Å². The fourth-order valence-corrected chi connectivity index (χ4v) is 3.19. The lowest BCUT2D eigenvalue weighted by Crippen LogP contribution is -2.48. The molecule has 0 radical (unpaired) electrons. The second kappa shape index (κ2) is 6.55. The molecular formula is C14H20N2O4S. The van der Waals surface area contributed by atoms with Crippen LogP contribution in [0.25, 0.3) is 0 Å². The van der Waals surface area contributed by atoms with Crippen molar-refractivity contribution in [3.8, 4) is 0 Å². The van der Waals surface area contributed by atoms with Crippen molar-refractivity contribution < 1.29 is 17.9 Å². The van der Waals surface area contributed by atoms with Crippen molar-refractivity contribution >= 4 is 15.7 Å². The van der Waals surface area contributed by atoms with E-state index in [1.165, 1.54) is 0 Å². The van der Waals surface area contributed by atoms with E-state index in [9.17, 15) is 13.2 Å². The fraction of sp³-hybridized carbons (Fsp3) is 0.500. The third-order valence-corrected chi connectivity index (χ3v) is 4.58. The minimum absolute atomic E-state index is 0.172. The Hall–Kier alpha value is -1.44. The van der Waals surface area contributed by atoms with E-state index in [4.69, 9.17) is 4.74 Å². The van der Waals surface area contributed by atoms with Crippen LogP contribution in [0, 0.1) is 0 Å². The predicted molar refractivity (Wildman–Crippen MR) is 78.6 cm³/mol. The number of carbonyl (C=O) groups excluding carboxylic acids is 1. The summed E-state index contributed by atoms with van der Waals surface area (Å²) in [5.74, 6) is -0.218. The molecule has 1 aliphatic rings. The Labute approximate surface area is 125 Å². The second-order valence-electron chi connectivity index (χ2n) is 5.22. The summed E-state index contributed by atoms with van der Waals surface area (Å²) in [7, 11) is -1.37. The number of hydrogen-bond donors (Lipinski definition) is 1. The summed E-state index contributed by atoms with van der Waals surface area (Å²) < 4.78 is 28.8. The highest BCUT2D eigenvalue weighted by Gasteiger charge is 2.24. The molecule has 0 saturated carbocycles. The third-order valence-electron chi connectivity index (χ3n) is 3.39. The van der Waals surface area contributed by atoms with Crippen LogP contribution in [-0.2, 0) is 25.9 Å². The van der Waals surface area contributed by atoms with Gasteiger partial charge in [-0.3, -0.25) is 4.79 Å². The highest BCUT2D eigenvalue weighted by molar-refractivity contribution is 7.90. The molecule has 1 aromatic rings. The molecule has 0 bridgehead atoms. The van der Waals surface area contributed by atoms with Gasteiger partial charge in [-0.2, -0.15) is 0 Å². The van der Waals surface area contributed by atoms with E-state index in [0.717, 1.165) is 12.8 Å². The molecule has 116 valence electrons. The predicted octanol–water partition coefficient (Wildman–Crippen LogP) is 0.0369. The Morgan fingerprint density at radius 2 is 2.14 bits per heavy atom. The van der Waals surface area contributed by atoms with Crippen molar-refractivity contribution in [1.82, 2.24) is 10.2 Å². The Morgan fingerprint density at radius 1 is 1.43 bits per heavy atom. The topological polar surface area (TPSA) is 75.7 Å². The zero-order valence-corrected chi connectivity index (χ0v) is 13.0. The van der Waals surface area contributed by atoms with Crippen molar-refractivity contribution in [1.29, 1.82) is 0 Å². The maximum Gasteiger partial charge on any atom is 0.250 e. The minimum atomic E-state index is -3.31. The maximum absolute atomic E-state index is 12.1. The number of ether oxygens (including phenoxy) is 1. The molecule has 0 spiro atoms. The Morgan fingerprint density at radius 3 is 2.81 bits per heavy atom. The first kappa shape index (κ1) is 15.9. The first-order chi connectivity index (χ1) is 9.88. The van der Waals surface area contributed by atoms with Crippen molar-refractivity contribution in [2.24, 2.45) is 0 Å². The van der Waals surface area contributed by atoms with E-state index in [1.54, 1.807) is 24.3 Å². The van der Waals surface area contributed by atoms with Crippen molar-refractivity contribution in [3.63, 3.8) is 0 Å². The molecular weight excluding hydrogens is 292 g/mol. The molecule has 1 aliphatic heterocycles. The van der Waals surface area contributed by atoms with Crippen LogP contribution in [-0.4, -0.2) is 58.3 Å². The van der Waals surface area contributed by atoms with Crippen molar-refractivity contribution in [2.75, 3.05) is 33.0 Å². The quantitative estimate of drug-likeness (QED) is 0.849. The largest absolute Gasteiger partial charge is 0.366 e. The van der Waals surface area contributed by atoms with Crippen molar-refractivity contribution in [2.45, 2.75) is 17.5 Å².